The number of ether oxygens (including phenoxy) is 1. The van der Waals surface area contributed by atoms with Gasteiger partial charge < -0.3 is 9.64 Å². The topological polar surface area (TPSA) is 29.5 Å². The summed E-state index contributed by atoms with van der Waals surface area (Å²) in [6.07, 6.45) is 2.24. The van der Waals surface area contributed by atoms with Crippen LogP contribution in [0.4, 0.5) is 5.69 Å². The summed E-state index contributed by atoms with van der Waals surface area (Å²) < 4.78 is 4.51. The molecule has 1 aromatic carbocycles. The molecule has 102 valence electrons. The van der Waals surface area contributed by atoms with E-state index in [1.54, 1.807) is 0 Å². The molecule has 0 heterocycles. The number of nitrogens with zero attached hydrogens (tertiary/aromatic N) is 1. The Morgan fingerprint density at radius 2 is 2.21 bits per heavy atom. The van der Waals surface area contributed by atoms with Crippen LogP contribution >= 0.6 is 0 Å². The molecule has 0 radical (unpaired) electrons. The Kier molecular flexibility index (Phi) is 6.52. The highest BCUT2D eigenvalue weighted by molar-refractivity contribution is 5.88. The summed E-state index contributed by atoms with van der Waals surface area (Å²) in [6, 6.07) is 8.32. The van der Waals surface area contributed by atoms with Crippen LogP contribution in [0.25, 0.3) is 0 Å². The highest BCUT2D eigenvalue weighted by Gasteiger charge is 2.04. The molecule has 1 aromatic rings. The summed E-state index contributed by atoms with van der Waals surface area (Å²) >= 11 is 0. The highest BCUT2D eigenvalue weighted by atomic mass is 16.5. The average molecular weight is 259 g/mol. The molecule has 0 atom stereocenters. The Hall–Kier alpha value is -1.95. The summed E-state index contributed by atoms with van der Waals surface area (Å²) in [5.41, 5.74) is 2.37. The molecule has 0 bridgehead atoms. The predicted molar refractivity (Wildman–Crippen MR) is 78.1 cm³/mol. The van der Waals surface area contributed by atoms with Gasteiger partial charge >= 0.3 is 5.97 Å². The van der Waals surface area contributed by atoms with Gasteiger partial charge in [-0.2, -0.15) is 0 Å². The van der Waals surface area contributed by atoms with Crippen LogP contribution in [-0.2, 0) is 9.53 Å². The fraction of sp³-hybridized carbons (Fsp3) is 0.438. The summed E-state index contributed by atoms with van der Waals surface area (Å²) in [5.74, 6) is 4.85. The number of hydrogen-bond acceptors (Lipinski definition) is 3. The Morgan fingerprint density at radius 1 is 1.42 bits per heavy atom. The monoisotopic (exact) mass is 259 g/mol. The first-order chi connectivity index (χ1) is 9.17. The molecule has 0 spiro atoms. The van der Waals surface area contributed by atoms with Crippen molar-refractivity contribution in [2.45, 2.75) is 26.7 Å². The first kappa shape index (κ1) is 15.1. The second kappa shape index (κ2) is 8.20. The molecule has 3 nitrogen and oxygen atoms in total. The minimum absolute atomic E-state index is 0.486. The molecule has 0 aromatic heterocycles. The van der Waals surface area contributed by atoms with E-state index in [0.717, 1.165) is 25.1 Å². The number of methoxy groups -OCH3 is 1. The Balaban J connectivity index is 2.76. The lowest BCUT2D eigenvalue weighted by atomic mass is 10.2. The van der Waals surface area contributed by atoms with E-state index in [4.69, 9.17) is 0 Å². The van der Waals surface area contributed by atoms with Crippen LogP contribution in [0.1, 0.15) is 25.3 Å². The van der Waals surface area contributed by atoms with Crippen LogP contribution in [0.5, 0.6) is 0 Å². The molecular formula is C16H21NO2. The van der Waals surface area contributed by atoms with Gasteiger partial charge in [-0.3, -0.25) is 0 Å². The van der Waals surface area contributed by atoms with E-state index in [2.05, 4.69) is 53.5 Å². The molecule has 0 aliphatic carbocycles. The molecule has 1 rings (SSSR count). The number of unbranched alkanes of at least 4 members (excludes halogenated alkanes) is 1. The van der Waals surface area contributed by atoms with Crippen molar-refractivity contribution in [3.63, 3.8) is 0 Å². The van der Waals surface area contributed by atoms with E-state index in [1.807, 2.05) is 6.07 Å². The molecule has 19 heavy (non-hydrogen) atoms. The number of carbonyl (C=O) groups excluding carboxylic acids is 1. The molecule has 0 N–H and O–H groups in total. The van der Waals surface area contributed by atoms with Crippen molar-refractivity contribution in [1.29, 1.82) is 0 Å². The fourth-order valence-electron chi connectivity index (χ4n) is 1.73. The normalized spacial score (nSPS) is 9.42. The van der Waals surface area contributed by atoms with Gasteiger partial charge in [-0.1, -0.05) is 31.4 Å². The maximum absolute atomic E-state index is 11.0. The summed E-state index contributed by atoms with van der Waals surface area (Å²) in [4.78, 5) is 13.2. The first-order valence-corrected chi connectivity index (χ1v) is 6.55. The molecule has 0 aliphatic heterocycles. The summed E-state index contributed by atoms with van der Waals surface area (Å²) in [7, 11) is 1.34. The van der Waals surface area contributed by atoms with Crippen LogP contribution in [0.2, 0.25) is 0 Å². The first-order valence-electron chi connectivity index (χ1n) is 6.55. The lowest BCUT2D eigenvalue weighted by Crippen LogP contribution is -2.25. The lowest BCUT2D eigenvalue weighted by molar-refractivity contribution is -0.133. The Bertz CT molecular complexity index is 471. The lowest BCUT2D eigenvalue weighted by Gasteiger charge is -2.22. The second-order valence-corrected chi connectivity index (χ2v) is 4.41. The number of anilines is 1. The Labute approximate surface area is 115 Å². The van der Waals surface area contributed by atoms with Gasteiger partial charge in [0.25, 0.3) is 0 Å². The van der Waals surface area contributed by atoms with Crippen molar-refractivity contribution in [2.75, 3.05) is 25.1 Å². The van der Waals surface area contributed by atoms with Gasteiger partial charge in [0, 0.05) is 18.2 Å². The number of rotatable bonds is 5. The maximum atomic E-state index is 11.0. The van der Waals surface area contributed by atoms with Crippen LogP contribution < -0.4 is 4.90 Å². The maximum Gasteiger partial charge on any atom is 0.384 e. The van der Waals surface area contributed by atoms with Crippen LogP contribution in [0.3, 0.4) is 0 Å². The number of esters is 1. The zero-order chi connectivity index (χ0) is 14.1. The average Bonchev–Trinajstić information content (AvgIpc) is 2.42. The van der Waals surface area contributed by atoms with E-state index >= 15 is 0 Å². The summed E-state index contributed by atoms with van der Waals surface area (Å²) in [5, 5.41) is 0. The number of hydrogen-bond donors (Lipinski definition) is 0. The molecule has 3 heteroatoms. The Morgan fingerprint density at radius 3 is 2.84 bits per heavy atom. The molecular weight excluding hydrogens is 238 g/mol. The quantitative estimate of drug-likeness (QED) is 0.462. The second-order valence-electron chi connectivity index (χ2n) is 4.41. The molecule has 0 fully saturated rings. The van der Waals surface area contributed by atoms with Crippen molar-refractivity contribution in [1.82, 2.24) is 0 Å². The van der Waals surface area contributed by atoms with Gasteiger partial charge in [0.15, 0.2) is 0 Å². The van der Waals surface area contributed by atoms with E-state index < -0.39 is 5.97 Å². The minimum Gasteiger partial charge on any atom is -0.459 e. The largest absolute Gasteiger partial charge is 0.459 e. The van der Waals surface area contributed by atoms with Gasteiger partial charge in [-0.25, -0.2) is 4.79 Å². The standard InChI is InChI=1S/C16H21NO2/c1-4-5-11-17(12-7-10-16(18)19-3)15-9-6-8-14(2)13-15/h6,8-9,13H,4-5,11-12H2,1-3H3. The van der Waals surface area contributed by atoms with E-state index in [-0.39, 0.29) is 0 Å². The van der Waals surface area contributed by atoms with Gasteiger partial charge in [-0.05, 0) is 31.0 Å². The number of aryl methyl sites for hydroxylation is 1. The SMILES string of the molecule is CCCCN(CC#CC(=O)OC)c1cccc(C)c1. The van der Waals surface area contributed by atoms with Crippen molar-refractivity contribution in [2.24, 2.45) is 0 Å². The van der Waals surface area contributed by atoms with E-state index in [0.29, 0.717) is 6.54 Å². The van der Waals surface area contributed by atoms with Crippen molar-refractivity contribution >= 4 is 11.7 Å². The predicted octanol–water partition coefficient (Wildman–Crippen LogP) is 2.78. The smallest absolute Gasteiger partial charge is 0.384 e. The fourth-order valence-corrected chi connectivity index (χ4v) is 1.73. The number of benzene rings is 1. The minimum atomic E-state index is -0.486. The molecule has 0 saturated heterocycles. The zero-order valence-electron chi connectivity index (χ0n) is 11.9. The third kappa shape index (κ3) is 5.48. The molecule has 0 amide bonds. The number of carbonyl (C=O) groups is 1. The van der Waals surface area contributed by atoms with Gasteiger partial charge in [-0.15, -0.1) is 0 Å². The van der Waals surface area contributed by atoms with Crippen LogP contribution in [0, 0.1) is 18.8 Å². The molecule has 0 saturated carbocycles. The van der Waals surface area contributed by atoms with Crippen molar-refractivity contribution < 1.29 is 9.53 Å². The molecule has 0 aliphatic rings. The van der Waals surface area contributed by atoms with Gasteiger partial charge in [0.05, 0.1) is 13.7 Å². The zero-order valence-corrected chi connectivity index (χ0v) is 11.9. The van der Waals surface area contributed by atoms with E-state index in [1.165, 1.54) is 12.7 Å². The third-order valence-corrected chi connectivity index (χ3v) is 2.79. The van der Waals surface area contributed by atoms with Crippen LogP contribution in [0.15, 0.2) is 24.3 Å². The van der Waals surface area contributed by atoms with Crippen molar-refractivity contribution in [3.05, 3.63) is 29.8 Å². The molecule has 0 unspecified atom stereocenters. The van der Waals surface area contributed by atoms with Crippen molar-refractivity contribution in [3.8, 4) is 11.8 Å². The van der Waals surface area contributed by atoms with Gasteiger partial charge in [0.2, 0.25) is 0 Å². The highest BCUT2D eigenvalue weighted by Crippen LogP contribution is 2.16. The van der Waals surface area contributed by atoms with E-state index in [9.17, 15) is 4.79 Å². The third-order valence-electron chi connectivity index (χ3n) is 2.79. The van der Waals surface area contributed by atoms with Crippen LogP contribution in [-0.4, -0.2) is 26.2 Å². The van der Waals surface area contributed by atoms with Gasteiger partial charge in [0.1, 0.15) is 0 Å². The summed E-state index contributed by atoms with van der Waals surface area (Å²) in [6.45, 7) is 5.71.